The van der Waals surface area contributed by atoms with Gasteiger partial charge in [0.2, 0.25) is 0 Å². The Balaban J connectivity index is 3.03. The monoisotopic (exact) mass is 290 g/mol. The van der Waals surface area contributed by atoms with Gasteiger partial charge in [-0.15, -0.1) is 0 Å². The van der Waals surface area contributed by atoms with Crippen molar-refractivity contribution >= 4 is 5.69 Å². The van der Waals surface area contributed by atoms with Crippen molar-refractivity contribution in [2.24, 2.45) is 11.8 Å². The predicted octanol–water partition coefficient (Wildman–Crippen LogP) is 4.61. The number of hydrogen-bond acceptors (Lipinski definition) is 2. The van der Waals surface area contributed by atoms with E-state index in [1.54, 1.807) is 0 Å². The van der Waals surface area contributed by atoms with Crippen LogP contribution in [-0.4, -0.2) is 19.1 Å². The van der Waals surface area contributed by atoms with Crippen LogP contribution in [-0.2, 0) is 6.54 Å². The largest absolute Gasteiger partial charge is 0.371 e. The lowest BCUT2D eigenvalue weighted by Crippen LogP contribution is -2.33. The highest BCUT2D eigenvalue weighted by atomic mass is 15.1. The van der Waals surface area contributed by atoms with Crippen molar-refractivity contribution in [3.05, 3.63) is 29.3 Å². The van der Waals surface area contributed by atoms with E-state index in [1.807, 2.05) is 0 Å². The number of benzene rings is 1. The van der Waals surface area contributed by atoms with Crippen LogP contribution in [0.5, 0.6) is 0 Å². The van der Waals surface area contributed by atoms with Gasteiger partial charge in [0.25, 0.3) is 0 Å². The molecule has 0 bridgehead atoms. The van der Waals surface area contributed by atoms with E-state index in [9.17, 15) is 0 Å². The summed E-state index contributed by atoms with van der Waals surface area (Å²) < 4.78 is 0. The molecular weight excluding hydrogens is 256 g/mol. The fraction of sp³-hybridized carbons (Fsp3) is 0.684. The van der Waals surface area contributed by atoms with Crippen molar-refractivity contribution in [2.45, 2.75) is 61.1 Å². The zero-order valence-electron chi connectivity index (χ0n) is 15.0. The molecule has 0 heterocycles. The normalized spacial score (nSPS) is 11.7. The minimum Gasteiger partial charge on any atom is -0.371 e. The molecule has 1 aromatic carbocycles. The second kappa shape index (κ2) is 8.43. The quantitative estimate of drug-likeness (QED) is 0.752. The van der Waals surface area contributed by atoms with E-state index < -0.39 is 0 Å². The molecule has 0 spiro atoms. The summed E-state index contributed by atoms with van der Waals surface area (Å²) in [6.45, 7) is 19.0. The van der Waals surface area contributed by atoms with E-state index in [0.717, 1.165) is 19.6 Å². The molecule has 0 saturated carbocycles. The molecule has 1 rings (SSSR count). The summed E-state index contributed by atoms with van der Waals surface area (Å²) in [6, 6.07) is 7.39. The fourth-order valence-electron chi connectivity index (χ4n) is 2.63. The summed E-state index contributed by atoms with van der Waals surface area (Å²) in [5.74, 6) is 1.35. The number of rotatable bonds is 8. The summed E-state index contributed by atoms with van der Waals surface area (Å²) in [6.07, 6.45) is 0. The topological polar surface area (TPSA) is 15.3 Å². The van der Waals surface area contributed by atoms with E-state index in [4.69, 9.17) is 0 Å². The van der Waals surface area contributed by atoms with Gasteiger partial charge >= 0.3 is 0 Å². The number of aryl methyl sites for hydroxylation is 1. The van der Waals surface area contributed by atoms with Crippen LogP contribution in [0.4, 0.5) is 5.69 Å². The Morgan fingerprint density at radius 2 is 1.52 bits per heavy atom. The molecule has 0 aliphatic carbocycles. The molecule has 0 radical (unpaired) electrons. The number of nitrogens with one attached hydrogen (secondary N) is 1. The third-order valence-electron chi connectivity index (χ3n) is 3.45. The van der Waals surface area contributed by atoms with Crippen LogP contribution in [0, 0.1) is 18.8 Å². The van der Waals surface area contributed by atoms with Crippen molar-refractivity contribution in [1.82, 2.24) is 5.32 Å². The highest BCUT2D eigenvalue weighted by molar-refractivity contribution is 5.55. The first-order valence-electron chi connectivity index (χ1n) is 8.37. The van der Waals surface area contributed by atoms with Crippen molar-refractivity contribution in [1.29, 1.82) is 0 Å². The maximum absolute atomic E-state index is 3.56. The van der Waals surface area contributed by atoms with E-state index in [1.165, 1.54) is 16.8 Å². The maximum atomic E-state index is 3.56. The molecule has 0 fully saturated rings. The summed E-state index contributed by atoms with van der Waals surface area (Å²) in [4.78, 5) is 2.56. The van der Waals surface area contributed by atoms with Crippen molar-refractivity contribution in [3.8, 4) is 0 Å². The molecule has 2 heteroatoms. The van der Waals surface area contributed by atoms with Gasteiger partial charge in [0.15, 0.2) is 0 Å². The molecular formula is C19H34N2. The summed E-state index contributed by atoms with van der Waals surface area (Å²) in [7, 11) is 0. The van der Waals surface area contributed by atoms with Gasteiger partial charge in [-0.25, -0.2) is 0 Å². The molecule has 0 aliphatic rings. The van der Waals surface area contributed by atoms with Crippen LogP contribution in [0.15, 0.2) is 18.2 Å². The van der Waals surface area contributed by atoms with E-state index >= 15 is 0 Å². The first-order chi connectivity index (χ1) is 9.79. The van der Waals surface area contributed by atoms with Gasteiger partial charge in [0.1, 0.15) is 0 Å². The minimum atomic E-state index is 0.516. The van der Waals surface area contributed by atoms with Gasteiger partial charge in [-0.3, -0.25) is 0 Å². The molecule has 21 heavy (non-hydrogen) atoms. The molecule has 2 nitrogen and oxygen atoms in total. The standard InChI is InChI=1S/C19H34N2/c1-14(2)12-21(13-15(3)4)19-9-8-17(7)10-18(19)11-20-16(5)6/h8-10,14-16,20H,11-13H2,1-7H3. The number of hydrogen-bond donors (Lipinski definition) is 1. The lowest BCUT2D eigenvalue weighted by atomic mass is 10.0. The number of anilines is 1. The van der Waals surface area contributed by atoms with Gasteiger partial charge in [0.05, 0.1) is 0 Å². The zero-order chi connectivity index (χ0) is 16.0. The third kappa shape index (κ3) is 6.52. The lowest BCUT2D eigenvalue weighted by Gasteiger charge is -2.31. The van der Waals surface area contributed by atoms with Crippen molar-refractivity contribution in [2.75, 3.05) is 18.0 Å². The average molecular weight is 290 g/mol. The van der Waals surface area contributed by atoms with E-state index in [2.05, 4.69) is 76.9 Å². The van der Waals surface area contributed by atoms with E-state index in [0.29, 0.717) is 17.9 Å². The smallest absolute Gasteiger partial charge is 0.0412 e. The second-order valence-corrected chi connectivity index (χ2v) is 7.36. The van der Waals surface area contributed by atoms with Crippen LogP contribution in [0.1, 0.15) is 52.7 Å². The van der Waals surface area contributed by atoms with Crippen LogP contribution in [0.2, 0.25) is 0 Å². The van der Waals surface area contributed by atoms with Crippen molar-refractivity contribution in [3.63, 3.8) is 0 Å². The SMILES string of the molecule is Cc1ccc(N(CC(C)C)CC(C)C)c(CNC(C)C)c1. The Morgan fingerprint density at radius 1 is 0.952 bits per heavy atom. The molecule has 0 unspecified atom stereocenters. The predicted molar refractivity (Wildman–Crippen MR) is 95.0 cm³/mol. The molecule has 0 aromatic heterocycles. The minimum absolute atomic E-state index is 0.516. The molecule has 0 amide bonds. The van der Waals surface area contributed by atoms with E-state index in [-0.39, 0.29) is 0 Å². The Hall–Kier alpha value is -1.02. The molecule has 0 atom stereocenters. The van der Waals surface area contributed by atoms with Gasteiger partial charge in [-0.2, -0.15) is 0 Å². The number of nitrogens with zero attached hydrogens (tertiary/aromatic N) is 1. The molecule has 120 valence electrons. The van der Waals surface area contributed by atoms with Crippen LogP contribution in [0.3, 0.4) is 0 Å². The van der Waals surface area contributed by atoms with Crippen LogP contribution in [0.25, 0.3) is 0 Å². The van der Waals surface area contributed by atoms with Gasteiger partial charge in [0, 0.05) is 31.4 Å². The Morgan fingerprint density at radius 3 is 2.00 bits per heavy atom. The Kier molecular flexibility index (Phi) is 7.24. The third-order valence-corrected chi connectivity index (χ3v) is 3.45. The zero-order valence-corrected chi connectivity index (χ0v) is 15.0. The first kappa shape index (κ1) is 18.0. The molecule has 1 aromatic rings. The summed E-state index contributed by atoms with van der Waals surface area (Å²) >= 11 is 0. The molecule has 0 saturated heterocycles. The highest BCUT2D eigenvalue weighted by Gasteiger charge is 2.14. The van der Waals surface area contributed by atoms with Crippen molar-refractivity contribution < 1.29 is 0 Å². The lowest BCUT2D eigenvalue weighted by molar-refractivity contribution is 0.546. The van der Waals surface area contributed by atoms with Gasteiger partial charge < -0.3 is 10.2 Å². The highest BCUT2D eigenvalue weighted by Crippen LogP contribution is 2.24. The van der Waals surface area contributed by atoms with Crippen LogP contribution < -0.4 is 10.2 Å². The van der Waals surface area contributed by atoms with Crippen LogP contribution >= 0.6 is 0 Å². The fourth-order valence-corrected chi connectivity index (χ4v) is 2.63. The Labute approximate surface area is 131 Å². The van der Waals surface area contributed by atoms with Gasteiger partial charge in [-0.05, 0) is 30.4 Å². The van der Waals surface area contributed by atoms with Gasteiger partial charge in [-0.1, -0.05) is 59.2 Å². The molecule has 0 aliphatic heterocycles. The summed E-state index contributed by atoms with van der Waals surface area (Å²) in [5, 5.41) is 3.56. The first-order valence-corrected chi connectivity index (χ1v) is 8.37. The second-order valence-electron chi connectivity index (χ2n) is 7.36. The summed E-state index contributed by atoms with van der Waals surface area (Å²) in [5.41, 5.74) is 4.16. The average Bonchev–Trinajstić information content (AvgIpc) is 2.34. The Bertz CT molecular complexity index is 412. The maximum Gasteiger partial charge on any atom is 0.0412 e. The molecule has 1 N–H and O–H groups in total.